The van der Waals surface area contributed by atoms with Crippen molar-refractivity contribution in [1.82, 2.24) is 10.6 Å². The van der Waals surface area contributed by atoms with Crippen molar-refractivity contribution >= 4 is 17.6 Å². The summed E-state index contributed by atoms with van der Waals surface area (Å²) in [4.78, 5) is 22.9. The molecule has 0 atom stereocenters. The molecule has 1 aliphatic heterocycles. The second-order valence-electron chi connectivity index (χ2n) is 3.46. The third-order valence-electron chi connectivity index (χ3n) is 2.12. The molecule has 1 aromatic rings. The summed E-state index contributed by atoms with van der Waals surface area (Å²) in [7, 11) is 0. The molecule has 2 N–H and O–H groups in total. The van der Waals surface area contributed by atoms with Crippen molar-refractivity contribution in [3.8, 4) is 0 Å². The number of hydrogen-bond donors (Lipinski definition) is 2. The van der Waals surface area contributed by atoms with Gasteiger partial charge >= 0.3 is 5.82 Å². The Kier molecular flexibility index (Phi) is 3.00. The number of carbonyl (C=O) groups excluding carboxylic acids is 2. The highest BCUT2D eigenvalue weighted by molar-refractivity contribution is 6.08. The zero-order valence-corrected chi connectivity index (χ0v) is 9.16. The van der Waals surface area contributed by atoms with Gasteiger partial charge in [-0.15, -0.1) is 0 Å². The molecule has 2 heterocycles. The molecule has 0 radical (unpaired) electrons. The summed E-state index contributed by atoms with van der Waals surface area (Å²) in [6, 6.07) is 3.20. The van der Waals surface area contributed by atoms with Gasteiger partial charge in [-0.25, -0.2) is 4.73 Å². The predicted octanol–water partition coefficient (Wildman–Crippen LogP) is -0.511. The van der Waals surface area contributed by atoms with E-state index < -0.39 is 17.9 Å². The number of amides is 2. The van der Waals surface area contributed by atoms with Gasteiger partial charge in [-0.1, -0.05) is 17.8 Å². The molecule has 0 spiro atoms. The van der Waals surface area contributed by atoms with Gasteiger partial charge in [0.15, 0.2) is 0 Å². The van der Waals surface area contributed by atoms with Crippen molar-refractivity contribution in [3.63, 3.8) is 0 Å². The molecule has 0 aromatic carbocycles. The number of rotatable bonds is 2. The van der Waals surface area contributed by atoms with Gasteiger partial charge in [-0.3, -0.25) is 9.59 Å². The van der Waals surface area contributed by atoms with E-state index in [0.717, 1.165) is 0 Å². The molecule has 18 heavy (non-hydrogen) atoms. The molecule has 0 bridgehead atoms. The first kappa shape index (κ1) is 11.7. The largest absolute Gasteiger partial charge is 0.710 e. The molecule has 1 aromatic heterocycles. The summed E-state index contributed by atoms with van der Waals surface area (Å²) in [5, 5.41) is 23.0. The molecule has 1 fully saturated rings. The first-order chi connectivity index (χ1) is 8.58. The van der Waals surface area contributed by atoms with E-state index in [1.165, 1.54) is 18.3 Å². The van der Waals surface area contributed by atoms with Gasteiger partial charge in [0.05, 0.1) is 11.3 Å². The molecular weight excluding hydrogens is 238 g/mol. The van der Waals surface area contributed by atoms with Crippen LogP contribution in [0.15, 0.2) is 47.0 Å². The van der Waals surface area contributed by atoms with Crippen molar-refractivity contribution in [2.45, 2.75) is 6.04 Å². The fourth-order valence-corrected chi connectivity index (χ4v) is 1.30. The third-order valence-corrected chi connectivity index (χ3v) is 2.12. The smallest absolute Gasteiger partial charge is 0.353 e. The van der Waals surface area contributed by atoms with Crippen LogP contribution >= 0.6 is 0 Å². The number of pyridine rings is 1. The zero-order chi connectivity index (χ0) is 13.1. The Morgan fingerprint density at radius 1 is 1.28 bits per heavy atom. The first-order valence-electron chi connectivity index (χ1n) is 4.97. The molecular formula is C10H9N5O3. The van der Waals surface area contributed by atoms with Crippen molar-refractivity contribution in [3.05, 3.63) is 42.0 Å². The number of nitrogens with zero attached hydrogens (tertiary/aromatic N) is 3. The molecule has 1 saturated heterocycles. The van der Waals surface area contributed by atoms with Crippen LogP contribution in [0.5, 0.6) is 0 Å². The normalized spacial score (nSPS) is 16.8. The Bertz CT molecular complexity index is 534. The van der Waals surface area contributed by atoms with Gasteiger partial charge in [0, 0.05) is 6.07 Å². The summed E-state index contributed by atoms with van der Waals surface area (Å²) < 4.78 is 0.473. The van der Waals surface area contributed by atoms with Crippen LogP contribution in [0.25, 0.3) is 0 Å². The van der Waals surface area contributed by atoms with E-state index in [1.807, 2.05) is 0 Å². The lowest BCUT2D eigenvalue weighted by atomic mass is 10.2. The molecule has 1 aliphatic rings. The van der Waals surface area contributed by atoms with E-state index >= 15 is 0 Å². The molecule has 0 aliphatic carbocycles. The van der Waals surface area contributed by atoms with Gasteiger partial charge in [0.1, 0.15) is 5.82 Å². The van der Waals surface area contributed by atoms with E-state index in [2.05, 4.69) is 27.4 Å². The van der Waals surface area contributed by atoms with Crippen molar-refractivity contribution in [2.24, 2.45) is 10.2 Å². The second-order valence-corrected chi connectivity index (χ2v) is 3.46. The molecule has 0 saturated carbocycles. The summed E-state index contributed by atoms with van der Waals surface area (Å²) in [6.07, 6.45) is 1.23. The van der Waals surface area contributed by atoms with Crippen LogP contribution in [-0.2, 0) is 9.59 Å². The SMILES string of the molecule is C=C1NC(=O)C(N=Nc2cccc[n+]2[O-])C(=O)N1. The minimum atomic E-state index is -1.32. The summed E-state index contributed by atoms with van der Waals surface area (Å²) in [5.41, 5.74) is 0. The lowest BCUT2D eigenvalue weighted by molar-refractivity contribution is -0.591. The Hall–Kier alpha value is -2.77. The highest BCUT2D eigenvalue weighted by Crippen LogP contribution is 2.08. The Labute approximate surface area is 102 Å². The van der Waals surface area contributed by atoms with Crippen LogP contribution in [0.2, 0.25) is 0 Å². The van der Waals surface area contributed by atoms with Crippen LogP contribution in [0.3, 0.4) is 0 Å². The quantitative estimate of drug-likeness (QED) is 0.318. The Balaban J connectivity index is 2.19. The number of carbonyl (C=O) groups is 2. The minimum absolute atomic E-state index is 0.0116. The number of nitrogens with one attached hydrogen (secondary N) is 2. The number of aromatic nitrogens is 1. The maximum absolute atomic E-state index is 11.4. The van der Waals surface area contributed by atoms with Crippen molar-refractivity contribution in [1.29, 1.82) is 0 Å². The molecule has 2 amide bonds. The predicted molar refractivity (Wildman–Crippen MR) is 59.1 cm³/mol. The van der Waals surface area contributed by atoms with E-state index in [9.17, 15) is 14.8 Å². The van der Waals surface area contributed by atoms with Crippen molar-refractivity contribution < 1.29 is 14.3 Å². The fraction of sp³-hybridized carbons (Fsp3) is 0.100. The summed E-state index contributed by atoms with van der Waals surface area (Å²) >= 11 is 0. The van der Waals surface area contributed by atoms with Gasteiger partial charge in [-0.05, 0) is 6.07 Å². The molecule has 8 heteroatoms. The third kappa shape index (κ3) is 2.32. The Morgan fingerprint density at radius 2 is 1.94 bits per heavy atom. The fourth-order valence-electron chi connectivity index (χ4n) is 1.30. The van der Waals surface area contributed by atoms with Crippen LogP contribution < -0.4 is 15.4 Å². The van der Waals surface area contributed by atoms with Crippen LogP contribution in [0.4, 0.5) is 5.82 Å². The van der Waals surface area contributed by atoms with Crippen LogP contribution in [0, 0.1) is 5.21 Å². The van der Waals surface area contributed by atoms with E-state index in [1.54, 1.807) is 6.07 Å². The highest BCUT2D eigenvalue weighted by atomic mass is 16.5. The standard InChI is InChI=1S/C10H9N5O3/c1-6-11-9(16)8(10(17)12-6)14-13-7-4-2-3-5-15(7)18/h2-5,8H,1H2,(H,11,16)(H,12,17). The van der Waals surface area contributed by atoms with Crippen molar-refractivity contribution in [2.75, 3.05) is 0 Å². The summed E-state index contributed by atoms with van der Waals surface area (Å²) in [6.45, 7) is 3.39. The molecule has 8 nitrogen and oxygen atoms in total. The maximum Gasteiger partial charge on any atom is 0.353 e. The highest BCUT2D eigenvalue weighted by Gasteiger charge is 2.33. The average molecular weight is 247 g/mol. The second kappa shape index (κ2) is 4.62. The number of azo groups is 1. The van der Waals surface area contributed by atoms with Gasteiger partial charge < -0.3 is 15.8 Å². The summed E-state index contributed by atoms with van der Waals surface area (Å²) in [5.74, 6) is -1.20. The van der Waals surface area contributed by atoms with Gasteiger partial charge in [0.2, 0.25) is 0 Å². The number of hydrogen-bond acceptors (Lipinski definition) is 5. The molecule has 92 valence electrons. The Morgan fingerprint density at radius 3 is 2.56 bits per heavy atom. The molecule has 0 unspecified atom stereocenters. The lowest BCUT2D eigenvalue weighted by Crippen LogP contribution is -2.52. The first-order valence-corrected chi connectivity index (χ1v) is 4.97. The van der Waals surface area contributed by atoms with Gasteiger partial charge in [0.25, 0.3) is 17.9 Å². The minimum Gasteiger partial charge on any atom is -0.710 e. The topological polar surface area (TPSA) is 110 Å². The van der Waals surface area contributed by atoms with E-state index in [-0.39, 0.29) is 11.6 Å². The zero-order valence-electron chi connectivity index (χ0n) is 9.16. The van der Waals surface area contributed by atoms with E-state index in [4.69, 9.17) is 0 Å². The monoisotopic (exact) mass is 247 g/mol. The average Bonchev–Trinajstić information content (AvgIpc) is 2.30. The molecule has 2 rings (SSSR count). The maximum atomic E-state index is 11.4. The van der Waals surface area contributed by atoms with E-state index in [0.29, 0.717) is 4.73 Å². The van der Waals surface area contributed by atoms with Crippen LogP contribution in [0.1, 0.15) is 0 Å². The van der Waals surface area contributed by atoms with Gasteiger partial charge in [-0.2, -0.15) is 0 Å². The van der Waals surface area contributed by atoms with Crippen LogP contribution in [-0.4, -0.2) is 17.9 Å². The lowest BCUT2D eigenvalue weighted by Gasteiger charge is -2.18.